The second-order valence-corrected chi connectivity index (χ2v) is 4.40. The summed E-state index contributed by atoms with van der Waals surface area (Å²) in [4.78, 5) is 8.30. The Morgan fingerprint density at radius 1 is 1.19 bits per heavy atom. The quantitative estimate of drug-likeness (QED) is 0.840. The fourth-order valence-corrected chi connectivity index (χ4v) is 2.23. The topological polar surface area (TPSA) is 61.0 Å². The summed E-state index contributed by atoms with van der Waals surface area (Å²) in [6.07, 6.45) is 9.34. The highest BCUT2D eigenvalue weighted by molar-refractivity contribution is 4.90. The number of rotatable bonds is 4. The maximum absolute atomic E-state index is 5.96. The van der Waals surface area contributed by atoms with E-state index in [1.54, 1.807) is 12.4 Å². The molecule has 0 aromatic carbocycles. The van der Waals surface area contributed by atoms with E-state index in [0.29, 0.717) is 13.2 Å². The summed E-state index contributed by atoms with van der Waals surface area (Å²) in [5.41, 5.74) is 5.71. The molecule has 2 N–H and O–H groups in total. The van der Waals surface area contributed by atoms with E-state index in [1.807, 2.05) is 6.07 Å². The van der Waals surface area contributed by atoms with Crippen LogP contribution in [0.25, 0.3) is 0 Å². The lowest BCUT2D eigenvalue weighted by Crippen LogP contribution is -2.42. The van der Waals surface area contributed by atoms with Crippen LogP contribution in [-0.4, -0.2) is 22.1 Å². The third-order valence-corrected chi connectivity index (χ3v) is 3.26. The smallest absolute Gasteiger partial charge is 0.153 e. The highest BCUT2D eigenvalue weighted by atomic mass is 16.5. The maximum atomic E-state index is 5.96. The van der Waals surface area contributed by atoms with E-state index in [9.17, 15) is 0 Å². The molecule has 1 aliphatic carbocycles. The highest BCUT2D eigenvalue weighted by Gasteiger charge is 2.31. The number of nitrogens with zero attached hydrogens (tertiary/aromatic N) is 2. The molecule has 0 saturated heterocycles. The molecule has 4 heteroatoms. The lowest BCUT2D eigenvalue weighted by atomic mass is 9.85. The van der Waals surface area contributed by atoms with Gasteiger partial charge < -0.3 is 10.5 Å². The predicted molar refractivity (Wildman–Crippen MR) is 61.7 cm³/mol. The van der Waals surface area contributed by atoms with Crippen molar-refractivity contribution >= 4 is 0 Å². The lowest BCUT2D eigenvalue weighted by Gasteiger charge is -2.35. The highest BCUT2D eigenvalue weighted by Crippen LogP contribution is 2.31. The van der Waals surface area contributed by atoms with Gasteiger partial charge in [-0.3, -0.25) is 0 Å². The third-order valence-electron chi connectivity index (χ3n) is 3.26. The summed E-state index contributed by atoms with van der Waals surface area (Å²) < 4.78 is 5.96. The van der Waals surface area contributed by atoms with Crippen LogP contribution in [-0.2, 0) is 11.3 Å². The first kappa shape index (κ1) is 11.5. The SMILES string of the molecule is NCC1(OCc2ncccn2)CCCCC1. The van der Waals surface area contributed by atoms with E-state index in [-0.39, 0.29) is 5.60 Å². The van der Waals surface area contributed by atoms with E-state index in [2.05, 4.69) is 9.97 Å². The zero-order valence-corrected chi connectivity index (χ0v) is 9.56. The summed E-state index contributed by atoms with van der Waals surface area (Å²) in [5.74, 6) is 0.737. The molecule has 1 saturated carbocycles. The van der Waals surface area contributed by atoms with Crippen molar-refractivity contribution in [1.29, 1.82) is 0 Å². The van der Waals surface area contributed by atoms with Crippen molar-refractivity contribution in [3.63, 3.8) is 0 Å². The number of aromatic nitrogens is 2. The Bertz CT molecular complexity index is 309. The Balaban J connectivity index is 1.92. The van der Waals surface area contributed by atoms with E-state index in [4.69, 9.17) is 10.5 Å². The molecule has 0 unspecified atom stereocenters. The Kier molecular flexibility index (Phi) is 3.85. The van der Waals surface area contributed by atoms with Crippen LogP contribution in [0.1, 0.15) is 37.9 Å². The van der Waals surface area contributed by atoms with Gasteiger partial charge in [0, 0.05) is 18.9 Å². The molecule has 1 heterocycles. The number of hydrogen-bond acceptors (Lipinski definition) is 4. The first-order valence-corrected chi connectivity index (χ1v) is 5.95. The fourth-order valence-electron chi connectivity index (χ4n) is 2.23. The van der Waals surface area contributed by atoms with Crippen molar-refractivity contribution in [2.75, 3.05) is 6.54 Å². The molecule has 4 nitrogen and oxygen atoms in total. The van der Waals surface area contributed by atoms with Gasteiger partial charge in [0.15, 0.2) is 5.82 Å². The van der Waals surface area contributed by atoms with Crippen molar-refractivity contribution in [3.8, 4) is 0 Å². The monoisotopic (exact) mass is 221 g/mol. The van der Waals surface area contributed by atoms with Crippen LogP contribution in [0.2, 0.25) is 0 Å². The average molecular weight is 221 g/mol. The van der Waals surface area contributed by atoms with Crippen molar-refractivity contribution in [2.45, 2.75) is 44.3 Å². The molecule has 0 amide bonds. The molecule has 2 rings (SSSR count). The molecule has 1 aliphatic rings. The summed E-state index contributed by atoms with van der Waals surface area (Å²) in [6.45, 7) is 1.07. The van der Waals surface area contributed by atoms with Crippen LogP contribution >= 0.6 is 0 Å². The summed E-state index contributed by atoms with van der Waals surface area (Å²) >= 11 is 0. The zero-order valence-electron chi connectivity index (χ0n) is 9.56. The molecule has 0 spiro atoms. The van der Waals surface area contributed by atoms with Crippen molar-refractivity contribution in [3.05, 3.63) is 24.3 Å². The molecular formula is C12H19N3O. The number of nitrogens with two attached hydrogens (primary N) is 1. The standard InChI is InChI=1S/C12H19N3O/c13-10-12(5-2-1-3-6-12)16-9-11-14-7-4-8-15-11/h4,7-8H,1-3,5-6,9-10,13H2. The molecule has 16 heavy (non-hydrogen) atoms. The Morgan fingerprint density at radius 2 is 1.88 bits per heavy atom. The van der Waals surface area contributed by atoms with Crippen LogP contribution in [0, 0.1) is 0 Å². The van der Waals surface area contributed by atoms with Gasteiger partial charge in [0.2, 0.25) is 0 Å². The molecule has 0 bridgehead atoms. The molecule has 1 aromatic rings. The maximum Gasteiger partial charge on any atom is 0.153 e. The average Bonchev–Trinajstić information content (AvgIpc) is 2.39. The molecule has 0 radical (unpaired) electrons. The first-order valence-electron chi connectivity index (χ1n) is 5.95. The van der Waals surface area contributed by atoms with Crippen molar-refractivity contribution in [2.24, 2.45) is 5.73 Å². The van der Waals surface area contributed by atoms with Gasteiger partial charge in [0.25, 0.3) is 0 Å². The minimum Gasteiger partial charge on any atom is -0.366 e. The fraction of sp³-hybridized carbons (Fsp3) is 0.667. The van der Waals surface area contributed by atoms with Gasteiger partial charge in [-0.25, -0.2) is 9.97 Å². The van der Waals surface area contributed by atoms with Gasteiger partial charge in [0.05, 0.1) is 5.60 Å². The van der Waals surface area contributed by atoms with Crippen LogP contribution in [0.5, 0.6) is 0 Å². The van der Waals surface area contributed by atoms with Crippen LogP contribution in [0.15, 0.2) is 18.5 Å². The normalized spacial score (nSPS) is 19.6. The Morgan fingerprint density at radius 3 is 2.50 bits per heavy atom. The van der Waals surface area contributed by atoms with Crippen LogP contribution in [0.3, 0.4) is 0 Å². The minimum absolute atomic E-state index is 0.128. The Hall–Kier alpha value is -1.00. The van der Waals surface area contributed by atoms with Gasteiger partial charge in [0.1, 0.15) is 6.61 Å². The second-order valence-electron chi connectivity index (χ2n) is 4.40. The zero-order chi connectivity index (χ0) is 11.3. The predicted octanol–water partition coefficient (Wildman–Crippen LogP) is 1.65. The van der Waals surface area contributed by atoms with Crippen LogP contribution in [0.4, 0.5) is 0 Å². The van der Waals surface area contributed by atoms with Gasteiger partial charge in [-0.15, -0.1) is 0 Å². The molecular weight excluding hydrogens is 202 g/mol. The van der Waals surface area contributed by atoms with Gasteiger partial charge >= 0.3 is 0 Å². The van der Waals surface area contributed by atoms with Gasteiger partial charge in [-0.2, -0.15) is 0 Å². The Labute approximate surface area is 96.2 Å². The van der Waals surface area contributed by atoms with Gasteiger partial charge in [-0.05, 0) is 18.9 Å². The molecule has 0 atom stereocenters. The molecule has 1 aromatic heterocycles. The molecule has 88 valence electrons. The first-order chi connectivity index (χ1) is 7.85. The van der Waals surface area contributed by atoms with E-state index >= 15 is 0 Å². The molecule has 1 fully saturated rings. The van der Waals surface area contributed by atoms with Gasteiger partial charge in [-0.1, -0.05) is 19.3 Å². The largest absolute Gasteiger partial charge is 0.366 e. The van der Waals surface area contributed by atoms with Crippen molar-refractivity contribution < 1.29 is 4.74 Å². The summed E-state index contributed by atoms with van der Waals surface area (Å²) in [7, 11) is 0. The number of ether oxygens (including phenoxy) is 1. The second kappa shape index (κ2) is 5.37. The number of hydrogen-bond donors (Lipinski definition) is 1. The minimum atomic E-state index is -0.128. The lowest BCUT2D eigenvalue weighted by molar-refractivity contribution is -0.0756. The van der Waals surface area contributed by atoms with E-state index in [0.717, 1.165) is 18.7 Å². The van der Waals surface area contributed by atoms with Crippen LogP contribution < -0.4 is 5.73 Å². The van der Waals surface area contributed by atoms with Crippen molar-refractivity contribution in [1.82, 2.24) is 9.97 Å². The third kappa shape index (κ3) is 2.77. The summed E-state index contributed by atoms with van der Waals surface area (Å²) in [6, 6.07) is 1.81. The van der Waals surface area contributed by atoms with E-state index in [1.165, 1.54) is 19.3 Å². The van der Waals surface area contributed by atoms with E-state index < -0.39 is 0 Å². The molecule has 0 aliphatic heterocycles. The summed E-state index contributed by atoms with van der Waals surface area (Å²) in [5, 5.41) is 0.